The van der Waals surface area contributed by atoms with E-state index >= 15 is 0 Å². The van der Waals surface area contributed by atoms with Crippen LogP contribution in [0.2, 0.25) is 0 Å². The Morgan fingerprint density at radius 1 is 1.19 bits per heavy atom. The highest BCUT2D eigenvalue weighted by Gasteiger charge is 2.28. The average Bonchev–Trinajstić information content (AvgIpc) is 3.40. The lowest BCUT2D eigenvalue weighted by Gasteiger charge is -2.29. The standard InChI is InChI=1S/C24H28N4O3/c1-16-13-26-28-15-20(18-3-5-21(6-4-18)27-7-9-30-10-8-27)11-22(24(16)28)31-17(2)19-12-23(29)25-14-19/h3-6,11,13,15,17,19H,7-10,12,14H2,1-2H3,(H,25,29)/t17-,19-/m1/s1. The fourth-order valence-corrected chi connectivity index (χ4v) is 4.42. The Labute approximate surface area is 181 Å². The van der Waals surface area contributed by atoms with Gasteiger partial charge in [-0.15, -0.1) is 0 Å². The molecule has 31 heavy (non-hydrogen) atoms. The fourth-order valence-electron chi connectivity index (χ4n) is 4.42. The smallest absolute Gasteiger partial charge is 0.220 e. The molecule has 0 radical (unpaired) electrons. The molecule has 1 N–H and O–H groups in total. The summed E-state index contributed by atoms with van der Waals surface area (Å²) in [6.07, 6.45) is 4.34. The average molecular weight is 421 g/mol. The first kappa shape index (κ1) is 19.9. The van der Waals surface area contributed by atoms with Crippen molar-refractivity contribution in [3.63, 3.8) is 0 Å². The first-order chi connectivity index (χ1) is 15.1. The molecule has 5 rings (SSSR count). The highest BCUT2D eigenvalue weighted by Crippen LogP contribution is 2.32. The number of fused-ring (bicyclic) bond motifs is 1. The van der Waals surface area contributed by atoms with Gasteiger partial charge in [-0.2, -0.15) is 5.10 Å². The predicted molar refractivity (Wildman–Crippen MR) is 120 cm³/mol. The Bertz CT molecular complexity index is 1090. The lowest BCUT2D eigenvalue weighted by molar-refractivity contribution is -0.119. The molecule has 0 saturated carbocycles. The highest BCUT2D eigenvalue weighted by atomic mass is 16.5. The number of hydrogen-bond donors (Lipinski definition) is 1. The van der Waals surface area contributed by atoms with Crippen LogP contribution in [0.25, 0.3) is 16.6 Å². The van der Waals surface area contributed by atoms with Crippen molar-refractivity contribution in [2.75, 3.05) is 37.7 Å². The monoisotopic (exact) mass is 420 g/mol. The molecule has 1 aromatic carbocycles. The minimum absolute atomic E-state index is 0.0732. The van der Waals surface area contributed by atoms with E-state index in [0.29, 0.717) is 13.0 Å². The number of nitrogens with one attached hydrogen (secondary N) is 1. The van der Waals surface area contributed by atoms with E-state index in [9.17, 15) is 4.79 Å². The second-order valence-corrected chi connectivity index (χ2v) is 8.45. The van der Waals surface area contributed by atoms with E-state index in [4.69, 9.17) is 9.47 Å². The first-order valence-electron chi connectivity index (χ1n) is 10.9. The van der Waals surface area contributed by atoms with Gasteiger partial charge in [0, 0.05) is 49.4 Å². The predicted octanol–water partition coefficient (Wildman–Crippen LogP) is 3.05. The molecular weight excluding hydrogens is 392 g/mol. The number of carbonyl (C=O) groups excluding carboxylic acids is 1. The molecule has 1 amide bonds. The Kier molecular flexibility index (Phi) is 5.28. The molecule has 162 valence electrons. The number of pyridine rings is 1. The van der Waals surface area contributed by atoms with Crippen molar-refractivity contribution in [2.45, 2.75) is 26.4 Å². The van der Waals surface area contributed by atoms with E-state index < -0.39 is 0 Å². The van der Waals surface area contributed by atoms with Gasteiger partial charge in [0.2, 0.25) is 5.91 Å². The third-order valence-electron chi connectivity index (χ3n) is 6.32. The van der Waals surface area contributed by atoms with Crippen molar-refractivity contribution in [1.82, 2.24) is 14.9 Å². The molecule has 7 nitrogen and oxygen atoms in total. The summed E-state index contributed by atoms with van der Waals surface area (Å²) in [6.45, 7) is 8.14. The van der Waals surface area contributed by atoms with Crippen LogP contribution >= 0.6 is 0 Å². The molecule has 2 aliphatic rings. The molecule has 3 aromatic rings. The maximum Gasteiger partial charge on any atom is 0.220 e. The summed E-state index contributed by atoms with van der Waals surface area (Å²) in [6, 6.07) is 10.7. The number of nitrogens with zero attached hydrogens (tertiary/aromatic N) is 3. The van der Waals surface area contributed by atoms with Crippen LogP contribution in [0.15, 0.2) is 42.7 Å². The van der Waals surface area contributed by atoms with Crippen LogP contribution in [-0.2, 0) is 9.53 Å². The molecule has 0 aliphatic carbocycles. The van der Waals surface area contributed by atoms with Gasteiger partial charge >= 0.3 is 0 Å². The maximum absolute atomic E-state index is 11.6. The zero-order valence-electron chi connectivity index (χ0n) is 18.0. The number of benzene rings is 1. The number of ether oxygens (including phenoxy) is 2. The van der Waals surface area contributed by atoms with Crippen LogP contribution in [0.4, 0.5) is 5.69 Å². The zero-order valence-corrected chi connectivity index (χ0v) is 18.0. The van der Waals surface area contributed by atoms with E-state index in [0.717, 1.165) is 54.3 Å². The topological polar surface area (TPSA) is 68.1 Å². The number of hydrogen-bond acceptors (Lipinski definition) is 5. The Morgan fingerprint density at radius 2 is 1.97 bits per heavy atom. The number of anilines is 1. The Morgan fingerprint density at radius 3 is 2.68 bits per heavy atom. The van der Waals surface area contributed by atoms with Crippen molar-refractivity contribution in [3.05, 3.63) is 48.3 Å². The Hall–Kier alpha value is -3.06. The molecule has 0 bridgehead atoms. The molecule has 2 aliphatic heterocycles. The van der Waals surface area contributed by atoms with Crippen molar-refractivity contribution in [1.29, 1.82) is 0 Å². The van der Waals surface area contributed by atoms with E-state index in [1.165, 1.54) is 5.69 Å². The van der Waals surface area contributed by atoms with Crippen molar-refractivity contribution in [3.8, 4) is 16.9 Å². The van der Waals surface area contributed by atoms with Gasteiger partial charge in [0.05, 0.1) is 19.4 Å². The van der Waals surface area contributed by atoms with Crippen LogP contribution in [0.5, 0.6) is 5.75 Å². The maximum atomic E-state index is 11.6. The summed E-state index contributed by atoms with van der Waals surface area (Å²) >= 11 is 0. The van der Waals surface area contributed by atoms with E-state index in [1.54, 1.807) is 0 Å². The largest absolute Gasteiger partial charge is 0.488 e. The van der Waals surface area contributed by atoms with Crippen LogP contribution in [0.3, 0.4) is 0 Å². The molecule has 2 fully saturated rings. The third kappa shape index (κ3) is 3.97. The molecule has 2 saturated heterocycles. The SMILES string of the molecule is Cc1cnn2cc(-c3ccc(N4CCOCC4)cc3)cc(O[C@H](C)[C@H]3CNC(=O)C3)c12. The van der Waals surface area contributed by atoms with Gasteiger partial charge < -0.3 is 19.7 Å². The number of morpholine rings is 1. The highest BCUT2D eigenvalue weighted by molar-refractivity contribution is 5.78. The lowest BCUT2D eigenvalue weighted by Crippen LogP contribution is -2.36. The van der Waals surface area contributed by atoms with Crippen LogP contribution in [0.1, 0.15) is 18.9 Å². The minimum Gasteiger partial charge on any atom is -0.488 e. The third-order valence-corrected chi connectivity index (χ3v) is 6.32. The van der Waals surface area contributed by atoms with Gasteiger partial charge in [0.25, 0.3) is 0 Å². The van der Waals surface area contributed by atoms with E-state index in [-0.39, 0.29) is 17.9 Å². The molecule has 7 heteroatoms. The van der Waals surface area contributed by atoms with E-state index in [1.807, 2.05) is 30.8 Å². The summed E-state index contributed by atoms with van der Waals surface area (Å²) in [5.74, 6) is 1.07. The molecule has 0 unspecified atom stereocenters. The van der Waals surface area contributed by atoms with Gasteiger partial charge in [0.15, 0.2) is 0 Å². The minimum atomic E-state index is -0.0732. The number of amides is 1. The fraction of sp³-hybridized carbons (Fsp3) is 0.417. The second kappa shape index (κ2) is 8.23. The quantitative estimate of drug-likeness (QED) is 0.687. The summed E-state index contributed by atoms with van der Waals surface area (Å²) in [5.41, 5.74) is 5.41. The van der Waals surface area contributed by atoms with Gasteiger partial charge in [-0.25, -0.2) is 4.52 Å². The van der Waals surface area contributed by atoms with Crippen molar-refractivity contribution >= 4 is 17.1 Å². The van der Waals surface area contributed by atoms with Gasteiger partial charge in [-0.3, -0.25) is 4.79 Å². The van der Waals surface area contributed by atoms with E-state index in [2.05, 4.69) is 45.6 Å². The number of carbonyl (C=O) groups is 1. The molecule has 2 atom stereocenters. The van der Waals surface area contributed by atoms with Crippen LogP contribution < -0.4 is 15.0 Å². The Balaban J connectivity index is 1.44. The zero-order chi connectivity index (χ0) is 21.4. The summed E-state index contributed by atoms with van der Waals surface area (Å²) in [5, 5.41) is 7.42. The molecule has 4 heterocycles. The summed E-state index contributed by atoms with van der Waals surface area (Å²) < 4.78 is 13.8. The normalized spacial score (nSPS) is 20.1. The number of aromatic nitrogens is 2. The van der Waals surface area contributed by atoms with Crippen LogP contribution in [0, 0.1) is 12.8 Å². The summed E-state index contributed by atoms with van der Waals surface area (Å²) in [4.78, 5) is 14.0. The lowest BCUT2D eigenvalue weighted by atomic mass is 10.0. The molecule has 0 spiro atoms. The number of aryl methyl sites for hydroxylation is 1. The van der Waals surface area contributed by atoms with Gasteiger partial charge in [-0.1, -0.05) is 12.1 Å². The van der Waals surface area contributed by atoms with Crippen molar-refractivity contribution < 1.29 is 14.3 Å². The second-order valence-electron chi connectivity index (χ2n) is 8.45. The molecular formula is C24H28N4O3. The van der Waals surface area contributed by atoms with Crippen LogP contribution in [-0.4, -0.2) is 54.5 Å². The number of rotatable bonds is 5. The van der Waals surface area contributed by atoms with Gasteiger partial charge in [-0.05, 0) is 43.2 Å². The van der Waals surface area contributed by atoms with Gasteiger partial charge in [0.1, 0.15) is 17.4 Å². The summed E-state index contributed by atoms with van der Waals surface area (Å²) in [7, 11) is 0. The van der Waals surface area contributed by atoms with Crippen molar-refractivity contribution in [2.24, 2.45) is 5.92 Å². The first-order valence-corrected chi connectivity index (χ1v) is 10.9. The molecule has 2 aromatic heterocycles.